The van der Waals surface area contributed by atoms with Gasteiger partial charge >= 0.3 is 0 Å². The first-order valence-corrected chi connectivity index (χ1v) is 20.5. The molecule has 0 bridgehead atoms. The largest absolute Gasteiger partial charge is 0.394 e. The molecule has 61 heavy (non-hydrogen) atoms. The van der Waals surface area contributed by atoms with Crippen LogP contribution in [0.1, 0.15) is 29.2 Å². The molecule has 4 aromatic carbocycles. The molecule has 330 valence electrons. The van der Waals surface area contributed by atoms with Gasteiger partial charge in [0.2, 0.25) is 0 Å². The summed E-state index contributed by atoms with van der Waals surface area (Å²) in [6.45, 7) is 0.745. The van der Waals surface area contributed by atoms with E-state index in [-0.39, 0.29) is 26.2 Å². The van der Waals surface area contributed by atoms with Crippen molar-refractivity contribution in [1.29, 1.82) is 0 Å². The van der Waals surface area contributed by atoms with Crippen LogP contribution in [0, 0.1) is 0 Å². The van der Waals surface area contributed by atoms with Crippen LogP contribution in [0.25, 0.3) is 0 Å². The van der Waals surface area contributed by atoms with Gasteiger partial charge in [-0.2, -0.15) is 0 Å². The monoisotopic (exact) mass is 848 g/mol. The summed E-state index contributed by atoms with van der Waals surface area (Å²) in [5.41, 5.74) is 3.22. The van der Waals surface area contributed by atoms with Gasteiger partial charge in [-0.25, -0.2) is 0 Å². The third kappa shape index (κ3) is 10.9. The molecule has 0 saturated carbocycles. The Morgan fingerprint density at radius 2 is 0.951 bits per heavy atom. The van der Waals surface area contributed by atoms with Crippen molar-refractivity contribution < 1.29 is 73.6 Å². The Labute approximate surface area is 354 Å². The number of rotatable bonds is 17. The third-order valence-electron chi connectivity index (χ3n) is 11.3. The van der Waals surface area contributed by atoms with Crippen LogP contribution in [0.5, 0.6) is 0 Å². The second kappa shape index (κ2) is 21.1. The maximum atomic E-state index is 12.2. The summed E-state index contributed by atoms with van der Waals surface area (Å²) in [6.07, 6.45) is -19.9. The Balaban J connectivity index is 1.25. The van der Waals surface area contributed by atoms with E-state index in [2.05, 4.69) is 0 Å². The molecule has 3 saturated heterocycles. The van der Waals surface area contributed by atoms with Crippen LogP contribution < -0.4 is 0 Å². The molecule has 0 radical (unpaired) electrons. The molecule has 3 aliphatic heterocycles. The molecule has 7 N–H and O–H groups in total. The van der Waals surface area contributed by atoms with Gasteiger partial charge in [0, 0.05) is 6.42 Å². The molecule has 3 heterocycles. The van der Waals surface area contributed by atoms with Gasteiger partial charge in [-0.05, 0) is 29.2 Å². The maximum Gasteiger partial charge on any atom is 0.199 e. The van der Waals surface area contributed by atoms with Crippen LogP contribution in [0.2, 0.25) is 0 Å². The lowest BCUT2D eigenvalue weighted by Crippen LogP contribution is -2.70. The summed E-state index contributed by atoms with van der Waals surface area (Å²) in [6, 6.07) is 37.4. The predicted molar refractivity (Wildman–Crippen MR) is 216 cm³/mol. The average molecular weight is 849 g/mol. The fourth-order valence-corrected chi connectivity index (χ4v) is 8.01. The van der Waals surface area contributed by atoms with Gasteiger partial charge in [-0.1, -0.05) is 121 Å². The average Bonchev–Trinajstić information content (AvgIpc) is 3.28. The number of aliphatic hydroxyl groups excluding tert-OH is 6. The van der Waals surface area contributed by atoms with Crippen molar-refractivity contribution >= 4 is 0 Å². The van der Waals surface area contributed by atoms with Crippen molar-refractivity contribution in [2.24, 2.45) is 0 Å². The van der Waals surface area contributed by atoms with Crippen molar-refractivity contribution in [3.8, 4) is 0 Å². The number of ether oxygens (including phenoxy) is 8. The topological polar surface area (TPSA) is 215 Å². The molecule has 0 unspecified atom stereocenters. The molecular formula is C46H56O15. The van der Waals surface area contributed by atoms with Crippen LogP contribution in [-0.2, 0) is 64.1 Å². The summed E-state index contributed by atoms with van der Waals surface area (Å²) in [4.78, 5) is 0. The smallest absolute Gasteiger partial charge is 0.199 e. The van der Waals surface area contributed by atoms with Crippen LogP contribution in [0.3, 0.4) is 0 Å². The minimum Gasteiger partial charge on any atom is -0.394 e. The highest BCUT2D eigenvalue weighted by Crippen LogP contribution is 2.39. The van der Waals surface area contributed by atoms with Crippen molar-refractivity contribution in [3.05, 3.63) is 144 Å². The Morgan fingerprint density at radius 1 is 0.492 bits per heavy atom. The van der Waals surface area contributed by atoms with Crippen LogP contribution >= 0.6 is 0 Å². The standard InChI is InChI=1S/C46H56O15/c1-28-38(54-25-30-16-8-3-9-17-30)40(55-26-31-18-10-4-11-19-31)42(56-27-32-20-12-5-13-21-32)45(57-28)60-41-39(59-44-37(51)36(50)35(49)33(23-47)58-44)34(24-48)61-46(53,43(41)52)22-29-14-6-2-7-15-29/h2-21,28,33-45,47-53H,22-27H2,1H3/t28-,33+,34+,35-,36-,37+,38+,39+,40+,41-,42-,43+,44-,45-,46+/m0/s1. The number of hydrogen-bond acceptors (Lipinski definition) is 15. The Morgan fingerprint density at radius 3 is 1.46 bits per heavy atom. The highest BCUT2D eigenvalue weighted by Gasteiger charge is 2.59. The Bertz CT molecular complexity index is 1880. The molecule has 15 heteroatoms. The first kappa shape index (κ1) is 45.3. The van der Waals surface area contributed by atoms with Crippen LogP contribution in [-0.4, -0.2) is 141 Å². The maximum absolute atomic E-state index is 12.2. The first-order chi connectivity index (χ1) is 29.6. The van der Waals surface area contributed by atoms with Crippen molar-refractivity contribution in [2.75, 3.05) is 13.2 Å². The van der Waals surface area contributed by atoms with Crippen molar-refractivity contribution in [3.63, 3.8) is 0 Å². The molecule has 3 fully saturated rings. The van der Waals surface area contributed by atoms with Gasteiger partial charge in [0.05, 0.1) is 39.1 Å². The lowest BCUT2D eigenvalue weighted by atomic mass is 9.88. The summed E-state index contributed by atoms with van der Waals surface area (Å²) in [5.74, 6) is -2.38. The molecular weight excluding hydrogens is 792 g/mol. The molecule has 7 rings (SSSR count). The van der Waals surface area contributed by atoms with Crippen LogP contribution in [0.4, 0.5) is 0 Å². The van der Waals surface area contributed by atoms with Crippen molar-refractivity contribution in [1.82, 2.24) is 0 Å². The Kier molecular flexibility index (Phi) is 15.7. The lowest BCUT2D eigenvalue weighted by molar-refractivity contribution is -0.409. The van der Waals surface area contributed by atoms with E-state index in [4.69, 9.17) is 37.9 Å². The zero-order valence-electron chi connectivity index (χ0n) is 33.8. The summed E-state index contributed by atoms with van der Waals surface area (Å²) >= 11 is 0. The van der Waals surface area contributed by atoms with Gasteiger partial charge in [0.25, 0.3) is 0 Å². The van der Waals surface area contributed by atoms with E-state index in [1.807, 2.05) is 91.0 Å². The zero-order valence-corrected chi connectivity index (χ0v) is 33.8. The fourth-order valence-electron chi connectivity index (χ4n) is 8.01. The molecule has 0 spiro atoms. The highest BCUT2D eigenvalue weighted by atomic mass is 16.8. The van der Waals surface area contributed by atoms with E-state index < -0.39 is 105 Å². The second-order valence-electron chi connectivity index (χ2n) is 15.7. The normalized spacial score (nSPS) is 35.5. The first-order valence-electron chi connectivity index (χ1n) is 20.5. The number of hydrogen-bond donors (Lipinski definition) is 7. The van der Waals surface area contributed by atoms with Gasteiger partial charge in [0.1, 0.15) is 67.1 Å². The number of aliphatic hydroxyl groups is 7. The second-order valence-corrected chi connectivity index (χ2v) is 15.7. The fraction of sp³-hybridized carbons (Fsp3) is 0.478. The minimum atomic E-state index is -2.38. The van der Waals surface area contributed by atoms with Gasteiger partial charge in [-0.3, -0.25) is 0 Å². The van der Waals surface area contributed by atoms with Crippen molar-refractivity contribution in [2.45, 2.75) is 125 Å². The molecule has 3 aliphatic rings. The summed E-state index contributed by atoms with van der Waals surface area (Å²) in [5, 5.41) is 77.2. The van der Waals surface area contributed by atoms with E-state index in [0.29, 0.717) is 5.56 Å². The molecule has 0 amide bonds. The van der Waals surface area contributed by atoms with Gasteiger partial charge in [-0.15, -0.1) is 0 Å². The predicted octanol–water partition coefficient (Wildman–Crippen LogP) is 1.74. The summed E-state index contributed by atoms with van der Waals surface area (Å²) in [7, 11) is 0. The van der Waals surface area contributed by atoms with E-state index in [0.717, 1.165) is 16.7 Å². The lowest BCUT2D eigenvalue weighted by Gasteiger charge is -2.52. The third-order valence-corrected chi connectivity index (χ3v) is 11.3. The van der Waals surface area contributed by atoms with Gasteiger partial charge in [0.15, 0.2) is 18.4 Å². The summed E-state index contributed by atoms with van der Waals surface area (Å²) < 4.78 is 51.3. The van der Waals surface area contributed by atoms with E-state index >= 15 is 0 Å². The van der Waals surface area contributed by atoms with Crippen LogP contribution in [0.15, 0.2) is 121 Å². The quantitative estimate of drug-likeness (QED) is 0.0806. The van der Waals surface area contributed by atoms with Gasteiger partial charge < -0.3 is 73.6 Å². The molecule has 0 aliphatic carbocycles. The van der Waals surface area contributed by atoms with E-state index in [9.17, 15) is 35.7 Å². The van der Waals surface area contributed by atoms with E-state index in [1.165, 1.54) is 0 Å². The molecule has 4 aromatic rings. The zero-order chi connectivity index (χ0) is 42.9. The molecule has 15 atom stereocenters. The SMILES string of the molecule is C[C@@H]1O[C@@H](O[C@H]2[C@H](O[C@@H]3O[C@H](CO)[C@H](O)[C@H](O)[C@H]3O)[C@@H](CO)O[C@](O)(Cc3ccccc3)[C@@H]2O)[C@@H](OCc2ccccc2)[C@H](OCc2ccccc2)[C@@H]1OCc1ccccc1. The molecule has 15 nitrogen and oxygen atoms in total. The molecule has 0 aromatic heterocycles. The number of benzene rings is 4. The Hall–Kier alpha value is -3.72. The minimum absolute atomic E-state index is 0.0814. The highest BCUT2D eigenvalue weighted by molar-refractivity contribution is 5.19. The van der Waals surface area contributed by atoms with E-state index in [1.54, 1.807) is 37.3 Å².